The zero-order chi connectivity index (χ0) is 12.5. The molecule has 1 unspecified atom stereocenters. The molecular formula is C16H24N2. The largest absolute Gasteiger partial charge is 0.366 e. The van der Waals surface area contributed by atoms with Crippen molar-refractivity contribution in [3.05, 3.63) is 29.3 Å². The molecule has 2 heteroatoms. The van der Waals surface area contributed by atoms with E-state index in [0.717, 1.165) is 19.6 Å². The second-order valence-electron chi connectivity index (χ2n) is 6.02. The van der Waals surface area contributed by atoms with Gasteiger partial charge in [-0.1, -0.05) is 19.9 Å². The van der Waals surface area contributed by atoms with Gasteiger partial charge in [-0.2, -0.15) is 0 Å². The van der Waals surface area contributed by atoms with Gasteiger partial charge in [-0.05, 0) is 48.4 Å². The quantitative estimate of drug-likeness (QED) is 0.860. The first kappa shape index (κ1) is 12.0. The summed E-state index contributed by atoms with van der Waals surface area (Å²) in [6.07, 6.45) is 3.90. The van der Waals surface area contributed by atoms with Crippen molar-refractivity contribution in [1.29, 1.82) is 0 Å². The van der Waals surface area contributed by atoms with E-state index in [9.17, 15) is 0 Å². The maximum Gasteiger partial charge on any atom is 0.0438 e. The van der Waals surface area contributed by atoms with Crippen LogP contribution >= 0.6 is 0 Å². The molecule has 1 aliphatic heterocycles. The van der Waals surface area contributed by atoms with Crippen molar-refractivity contribution in [2.24, 2.45) is 5.92 Å². The molecule has 3 rings (SSSR count). The number of anilines is 1. The van der Waals surface area contributed by atoms with Crippen LogP contribution in [0, 0.1) is 5.92 Å². The summed E-state index contributed by atoms with van der Waals surface area (Å²) in [6.45, 7) is 8.03. The second kappa shape index (κ2) is 4.93. The topological polar surface area (TPSA) is 15.3 Å². The van der Waals surface area contributed by atoms with Crippen molar-refractivity contribution < 1.29 is 0 Å². The lowest BCUT2D eigenvalue weighted by Gasteiger charge is -2.40. The number of aryl methyl sites for hydroxylation is 2. The van der Waals surface area contributed by atoms with Crippen molar-refractivity contribution in [2.75, 3.05) is 24.5 Å². The van der Waals surface area contributed by atoms with Crippen LogP contribution in [0.4, 0.5) is 5.69 Å². The molecule has 1 aliphatic carbocycles. The van der Waals surface area contributed by atoms with Gasteiger partial charge in [0.2, 0.25) is 0 Å². The number of rotatable bonds is 2. The van der Waals surface area contributed by atoms with Crippen molar-refractivity contribution in [3.63, 3.8) is 0 Å². The Morgan fingerprint density at radius 3 is 2.89 bits per heavy atom. The minimum absolute atomic E-state index is 0.637. The molecule has 1 heterocycles. The molecule has 1 aromatic carbocycles. The number of nitrogens with one attached hydrogen (secondary N) is 1. The van der Waals surface area contributed by atoms with Crippen LogP contribution in [-0.2, 0) is 12.8 Å². The number of fused-ring (bicyclic) bond motifs is 1. The highest BCUT2D eigenvalue weighted by Gasteiger charge is 2.25. The molecule has 98 valence electrons. The van der Waals surface area contributed by atoms with Crippen LogP contribution in [0.1, 0.15) is 31.4 Å². The summed E-state index contributed by atoms with van der Waals surface area (Å²) in [7, 11) is 0. The highest BCUT2D eigenvalue weighted by Crippen LogP contribution is 2.29. The Morgan fingerprint density at radius 1 is 1.22 bits per heavy atom. The van der Waals surface area contributed by atoms with Gasteiger partial charge in [0.15, 0.2) is 0 Å². The Hall–Kier alpha value is -1.02. The average Bonchev–Trinajstić information content (AvgIpc) is 2.85. The predicted molar refractivity (Wildman–Crippen MR) is 77.3 cm³/mol. The monoisotopic (exact) mass is 244 g/mol. The lowest BCUT2D eigenvalue weighted by Crippen LogP contribution is -2.53. The van der Waals surface area contributed by atoms with Crippen molar-refractivity contribution in [1.82, 2.24) is 5.32 Å². The Bertz CT molecular complexity index is 425. The maximum absolute atomic E-state index is 3.53. The number of benzene rings is 1. The van der Waals surface area contributed by atoms with Gasteiger partial charge in [-0.25, -0.2) is 0 Å². The van der Waals surface area contributed by atoms with Crippen molar-refractivity contribution in [2.45, 2.75) is 39.2 Å². The Labute approximate surface area is 110 Å². The zero-order valence-electron chi connectivity index (χ0n) is 11.6. The molecule has 0 saturated carbocycles. The van der Waals surface area contributed by atoms with Crippen LogP contribution in [-0.4, -0.2) is 25.7 Å². The Kier molecular flexibility index (Phi) is 3.29. The summed E-state index contributed by atoms with van der Waals surface area (Å²) in [5.41, 5.74) is 4.61. The van der Waals surface area contributed by atoms with Crippen LogP contribution in [0.5, 0.6) is 0 Å². The van der Waals surface area contributed by atoms with E-state index < -0.39 is 0 Å². The van der Waals surface area contributed by atoms with Crippen LogP contribution in [0.15, 0.2) is 18.2 Å². The van der Waals surface area contributed by atoms with E-state index in [1.165, 1.54) is 24.9 Å². The smallest absolute Gasteiger partial charge is 0.0438 e. The minimum Gasteiger partial charge on any atom is -0.366 e. The lowest BCUT2D eigenvalue weighted by atomic mass is 9.99. The maximum atomic E-state index is 3.53. The van der Waals surface area contributed by atoms with Crippen molar-refractivity contribution >= 4 is 5.69 Å². The van der Waals surface area contributed by atoms with Gasteiger partial charge >= 0.3 is 0 Å². The minimum atomic E-state index is 0.637. The van der Waals surface area contributed by atoms with Gasteiger partial charge in [0.25, 0.3) is 0 Å². The number of nitrogens with zero attached hydrogens (tertiary/aromatic N) is 1. The molecule has 0 radical (unpaired) electrons. The van der Waals surface area contributed by atoms with E-state index >= 15 is 0 Å². The fourth-order valence-corrected chi connectivity index (χ4v) is 3.38. The van der Waals surface area contributed by atoms with Gasteiger partial charge in [0.1, 0.15) is 0 Å². The highest BCUT2D eigenvalue weighted by molar-refractivity contribution is 5.53. The van der Waals surface area contributed by atoms with Gasteiger partial charge < -0.3 is 10.2 Å². The predicted octanol–water partition coefficient (Wildman–Crippen LogP) is 2.61. The van der Waals surface area contributed by atoms with Gasteiger partial charge in [0, 0.05) is 31.4 Å². The van der Waals surface area contributed by atoms with E-state index in [-0.39, 0.29) is 0 Å². The summed E-state index contributed by atoms with van der Waals surface area (Å²) in [5.74, 6) is 0.700. The molecule has 2 nitrogen and oxygen atoms in total. The third-order valence-corrected chi connectivity index (χ3v) is 4.47. The van der Waals surface area contributed by atoms with Crippen LogP contribution in [0.2, 0.25) is 0 Å². The van der Waals surface area contributed by atoms with E-state index in [2.05, 4.69) is 42.3 Å². The van der Waals surface area contributed by atoms with E-state index in [0.29, 0.717) is 12.0 Å². The van der Waals surface area contributed by atoms with Crippen LogP contribution in [0.25, 0.3) is 0 Å². The third-order valence-electron chi connectivity index (χ3n) is 4.47. The molecule has 1 fully saturated rings. The molecule has 0 bridgehead atoms. The van der Waals surface area contributed by atoms with Crippen LogP contribution < -0.4 is 10.2 Å². The fourth-order valence-electron chi connectivity index (χ4n) is 3.38. The Balaban J connectivity index is 1.88. The van der Waals surface area contributed by atoms with E-state index in [1.807, 2.05) is 0 Å². The highest BCUT2D eigenvalue weighted by atomic mass is 15.2. The summed E-state index contributed by atoms with van der Waals surface area (Å²) < 4.78 is 0. The molecule has 2 aliphatic rings. The van der Waals surface area contributed by atoms with Crippen LogP contribution in [0.3, 0.4) is 0 Å². The van der Waals surface area contributed by atoms with Gasteiger partial charge in [0.05, 0.1) is 0 Å². The first-order valence-electron chi connectivity index (χ1n) is 7.35. The molecule has 1 N–H and O–H groups in total. The first-order valence-corrected chi connectivity index (χ1v) is 7.35. The summed E-state index contributed by atoms with van der Waals surface area (Å²) in [6, 6.07) is 7.78. The molecule has 1 aromatic rings. The summed E-state index contributed by atoms with van der Waals surface area (Å²) in [5, 5.41) is 3.53. The standard InChI is InChI=1S/C16H24N2/c1-12(2)16-11-17-8-9-18(16)15-7-6-13-4-3-5-14(13)10-15/h6-7,10,12,16-17H,3-5,8-9,11H2,1-2H3. The second-order valence-corrected chi connectivity index (χ2v) is 6.02. The SMILES string of the molecule is CC(C)C1CNCCN1c1ccc2c(c1)CCC2. The zero-order valence-corrected chi connectivity index (χ0v) is 11.6. The lowest BCUT2D eigenvalue weighted by molar-refractivity contribution is 0.390. The summed E-state index contributed by atoms with van der Waals surface area (Å²) in [4.78, 5) is 2.61. The van der Waals surface area contributed by atoms with E-state index in [1.54, 1.807) is 11.1 Å². The molecular weight excluding hydrogens is 220 g/mol. The fraction of sp³-hybridized carbons (Fsp3) is 0.625. The third kappa shape index (κ3) is 2.14. The molecule has 18 heavy (non-hydrogen) atoms. The van der Waals surface area contributed by atoms with Gasteiger partial charge in [-0.3, -0.25) is 0 Å². The number of piperazine rings is 1. The molecule has 1 saturated heterocycles. The normalized spacial score (nSPS) is 23.5. The first-order chi connectivity index (χ1) is 8.75. The average molecular weight is 244 g/mol. The molecule has 0 aromatic heterocycles. The number of hydrogen-bond donors (Lipinski definition) is 1. The molecule has 1 atom stereocenters. The summed E-state index contributed by atoms with van der Waals surface area (Å²) >= 11 is 0. The molecule has 0 spiro atoms. The van der Waals surface area contributed by atoms with Crippen molar-refractivity contribution in [3.8, 4) is 0 Å². The molecule has 0 amide bonds. The van der Waals surface area contributed by atoms with Gasteiger partial charge in [-0.15, -0.1) is 0 Å². The van der Waals surface area contributed by atoms with E-state index in [4.69, 9.17) is 0 Å². The number of hydrogen-bond acceptors (Lipinski definition) is 2. The Morgan fingerprint density at radius 2 is 2.06 bits per heavy atom.